The summed E-state index contributed by atoms with van der Waals surface area (Å²) in [5.74, 6) is -0.555. The molecule has 5 heteroatoms. The van der Waals surface area contributed by atoms with Gasteiger partial charge in [-0.1, -0.05) is 60.7 Å². The Morgan fingerprint density at radius 3 is 2.21 bits per heavy atom. The molecule has 1 saturated heterocycles. The molecule has 1 N–H and O–H groups in total. The minimum Gasteiger partial charge on any atom is -0.460 e. The van der Waals surface area contributed by atoms with Crippen molar-refractivity contribution in [1.29, 1.82) is 0 Å². The second-order valence-electron chi connectivity index (χ2n) is 7.45. The third-order valence-electron chi connectivity index (χ3n) is 5.03. The number of aliphatic hydroxyl groups excluding tert-OH is 1. The average molecular weight is 383 g/mol. The Morgan fingerprint density at radius 2 is 1.61 bits per heavy atom. The highest BCUT2D eigenvalue weighted by atomic mass is 16.6. The Kier molecular flexibility index (Phi) is 7.60. The maximum Gasteiger partial charge on any atom is 0.336 e. The summed E-state index contributed by atoms with van der Waals surface area (Å²) in [6.07, 6.45) is 1.47. The number of carbonyl (C=O) groups is 1. The van der Waals surface area contributed by atoms with Crippen molar-refractivity contribution in [2.75, 3.05) is 19.6 Å². The van der Waals surface area contributed by atoms with E-state index >= 15 is 0 Å². The van der Waals surface area contributed by atoms with Crippen LogP contribution >= 0.6 is 0 Å². The van der Waals surface area contributed by atoms with Crippen LogP contribution in [0.1, 0.15) is 30.9 Å². The Labute approximate surface area is 167 Å². The summed E-state index contributed by atoms with van der Waals surface area (Å²) < 4.78 is 5.50. The Balaban J connectivity index is 1.55. The summed E-state index contributed by atoms with van der Waals surface area (Å²) in [7, 11) is 0. The van der Waals surface area contributed by atoms with E-state index in [1.165, 1.54) is 0 Å². The molecule has 5 nitrogen and oxygen atoms in total. The fraction of sp³-hybridized carbons (Fsp3) is 0.435. The van der Waals surface area contributed by atoms with Crippen LogP contribution in [0, 0.1) is 0 Å². The molecule has 0 radical (unpaired) electrons. The van der Waals surface area contributed by atoms with Gasteiger partial charge in [-0.2, -0.15) is 0 Å². The molecule has 2 atom stereocenters. The lowest BCUT2D eigenvalue weighted by Gasteiger charge is -2.33. The number of hydrogen-bond acceptors (Lipinski definition) is 5. The topological polar surface area (TPSA) is 53.0 Å². The second-order valence-corrected chi connectivity index (χ2v) is 7.45. The number of hydrogen-bond donors (Lipinski definition) is 1. The molecule has 0 aromatic heterocycles. The van der Waals surface area contributed by atoms with Gasteiger partial charge in [-0.15, -0.1) is 0 Å². The molecule has 2 aromatic carbocycles. The molecule has 3 rings (SSSR count). The minimum atomic E-state index is -1.16. The van der Waals surface area contributed by atoms with Crippen LogP contribution in [0.4, 0.5) is 0 Å². The lowest BCUT2D eigenvalue weighted by molar-refractivity contribution is -0.162. The Morgan fingerprint density at radius 1 is 1.04 bits per heavy atom. The van der Waals surface area contributed by atoms with Crippen LogP contribution in [-0.4, -0.2) is 52.9 Å². The van der Waals surface area contributed by atoms with Crippen molar-refractivity contribution in [3.05, 3.63) is 71.8 Å². The number of aliphatic hydroxyl groups is 1. The largest absolute Gasteiger partial charge is 0.460 e. The zero-order valence-corrected chi connectivity index (χ0v) is 16.5. The first-order chi connectivity index (χ1) is 13.6. The molecule has 0 aliphatic carbocycles. The zero-order valence-electron chi connectivity index (χ0n) is 16.5. The van der Waals surface area contributed by atoms with E-state index in [1.54, 1.807) is 0 Å². The third-order valence-corrected chi connectivity index (χ3v) is 5.03. The van der Waals surface area contributed by atoms with Gasteiger partial charge in [-0.25, -0.2) is 14.8 Å². The number of hydrazine groups is 1. The van der Waals surface area contributed by atoms with E-state index in [-0.39, 0.29) is 12.6 Å². The van der Waals surface area contributed by atoms with Crippen molar-refractivity contribution in [2.45, 2.75) is 44.9 Å². The summed E-state index contributed by atoms with van der Waals surface area (Å²) >= 11 is 0. The number of rotatable bonds is 9. The van der Waals surface area contributed by atoms with E-state index in [1.807, 2.05) is 55.5 Å². The summed E-state index contributed by atoms with van der Waals surface area (Å²) in [6, 6.07) is 20.1. The van der Waals surface area contributed by atoms with Gasteiger partial charge in [0.15, 0.2) is 6.10 Å². The summed E-state index contributed by atoms with van der Waals surface area (Å²) in [4.78, 5) is 12.4. The Hall–Kier alpha value is -2.21. The van der Waals surface area contributed by atoms with Gasteiger partial charge < -0.3 is 9.84 Å². The van der Waals surface area contributed by atoms with E-state index in [4.69, 9.17) is 4.74 Å². The molecule has 150 valence electrons. The van der Waals surface area contributed by atoms with E-state index in [2.05, 4.69) is 22.2 Å². The molecule has 1 fully saturated rings. The number of ether oxygens (including phenoxy) is 1. The van der Waals surface area contributed by atoms with Crippen molar-refractivity contribution in [3.8, 4) is 0 Å². The number of esters is 1. The van der Waals surface area contributed by atoms with Gasteiger partial charge >= 0.3 is 5.97 Å². The highest BCUT2D eigenvalue weighted by molar-refractivity contribution is 5.74. The molecule has 0 spiro atoms. The maximum absolute atomic E-state index is 12.4. The molecule has 0 amide bonds. The van der Waals surface area contributed by atoms with E-state index in [9.17, 15) is 9.90 Å². The maximum atomic E-state index is 12.4. The van der Waals surface area contributed by atoms with Crippen molar-refractivity contribution >= 4 is 5.97 Å². The molecule has 2 aromatic rings. The van der Waals surface area contributed by atoms with E-state index in [0.717, 1.165) is 37.1 Å². The van der Waals surface area contributed by atoms with Gasteiger partial charge in [0.1, 0.15) is 6.10 Å². The minimum absolute atomic E-state index is 0.242. The first kappa shape index (κ1) is 20.5. The fourth-order valence-electron chi connectivity index (χ4n) is 3.60. The number of carbonyl (C=O) groups excluding carboxylic acids is 1. The second kappa shape index (κ2) is 10.4. The Bertz CT molecular complexity index is 717. The SMILES string of the molecule is CC(Cc1ccccc1)OC(=O)C(O)CN(Cc1ccccc1)N1CCCC1. The summed E-state index contributed by atoms with van der Waals surface area (Å²) in [5.41, 5.74) is 2.27. The van der Waals surface area contributed by atoms with E-state index < -0.39 is 12.1 Å². The number of benzene rings is 2. The van der Waals surface area contributed by atoms with Crippen LogP contribution in [0.25, 0.3) is 0 Å². The first-order valence-corrected chi connectivity index (χ1v) is 10.1. The molecule has 28 heavy (non-hydrogen) atoms. The predicted molar refractivity (Wildman–Crippen MR) is 109 cm³/mol. The molecule has 0 bridgehead atoms. The molecule has 1 aliphatic rings. The van der Waals surface area contributed by atoms with Gasteiger partial charge in [-0.3, -0.25) is 0 Å². The van der Waals surface area contributed by atoms with Gasteiger partial charge in [0.2, 0.25) is 0 Å². The van der Waals surface area contributed by atoms with E-state index in [0.29, 0.717) is 13.0 Å². The van der Waals surface area contributed by atoms with Crippen LogP contribution in [0.5, 0.6) is 0 Å². The molecular formula is C23H30N2O3. The van der Waals surface area contributed by atoms with Crippen LogP contribution in [0.15, 0.2) is 60.7 Å². The molecule has 0 saturated carbocycles. The van der Waals surface area contributed by atoms with Gasteiger partial charge in [-0.05, 0) is 30.9 Å². The number of nitrogens with zero attached hydrogens (tertiary/aromatic N) is 2. The molecular weight excluding hydrogens is 352 g/mol. The fourth-order valence-corrected chi connectivity index (χ4v) is 3.60. The van der Waals surface area contributed by atoms with Gasteiger partial charge in [0.05, 0.1) is 6.54 Å². The molecule has 2 unspecified atom stereocenters. The van der Waals surface area contributed by atoms with Crippen molar-refractivity contribution in [1.82, 2.24) is 10.0 Å². The molecule has 1 heterocycles. The standard InChI is InChI=1S/C23H30N2O3/c1-19(16-20-10-4-2-5-11-20)28-23(27)22(26)18-25(24-14-8-9-15-24)17-21-12-6-3-7-13-21/h2-7,10-13,19,22,26H,8-9,14-18H2,1H3. The van der Waals surface area contributed by atoms with Crippen molar-refractivity contribution in [2.24, 2.45) is 0 Å². The monoisotopic (exact) mass is 382 g/mol. The highest BCUT2D eigenvalue weighted by Crippen LogP contribution is 2.16. The van der Waals surface area contributed by atoms with Crippen LogP contribution in [0.3, 0.4) is 0 Å². The lowest BCUT2D eigenvalue weighted by atomic mass is 10.1. The normalized spacial score (nSPS) is 16.8. The van der Waals surface area contributed by atoms with Crippen molar-refractivity contribution < 1.29 is 14.6 Å². The van der Waals surface area contributed by atoms with Crippen LogP contribution in [0.2, 0.25) is 0 Å². The third kappa shape index (κ3) is 6.16. The highest BCUT2D eigenvalue weighted by Gasteiger charge is 2.27. The average Bonchev–Trinajstić information content (AvgIpc) is 3.23. The first-order valence-electron chi connectivity index (χ1n) is 10.1. The van der Waals surface area contributed by atoms with Gasteiger partial charge in [0.25, 0.3) is 0 Å². The summed E-state index contributed by atoms with van der Waals surface area (Å²) in [5, 5.41) is 14.8. The van der Waals surface area contributed by atoms with Crippen LogP contribution in [-0.2, 0) is 22.5 Å². The smallest absolute Gasteiger partial charge is 0.336 e. The van der Waals surface area contributed by atoms with Crippen LogP contribution < -0.4 is 0 Å². The lowest BCUT2D eigenvalue weighted by Crippen LogP contribution is -2.47. The quantitative estimate of drug-likeness (QED) is 0.676. The predicted octanol–water partition coefficient (Wildman–Crippen LogP) is 3.03. The van der Waals surface area contributed by atoms with Crippen molar-refractivity contribution in [3.63, 3.8) is 0 Å². The van der Waals surface area contributed by atoms with Gasteiger partial charge in [0, 0.05) is 26.1 Å². The summed E-state index contributed by atoms with van der Waals surface area (Å²) in [6.45, 7) is 4.69. The molecule has 1 aliphatic heterocycles. The zero-order chi connectivity index (χ0) is 19.8.